The van der Waals surface area contributed by atoms with Crippen molar-refractivity contribution in [3.63, 3.8) is 0 Å². The minimum Gasteiger partial charge on any atom is -0.480 e. The summed E-state index contributed by atoms with van der Waals surface area (Å²) in [6.07, 6.45) is 0. The molecule has 0 bridgehead atoms. The number of carbonyl (C=O) groups is 1. The van der Waals surface area contributed by atoms with Gasteiger partial charge in [0.15, 0.2) is 5.34 Å². The van der Waals surface area contributed by atoms with E-state index < -0.39 is 17.6 Å². The van der Waals surface area contributed by atoms with Crippen LogP contribution in [0.2, 0.25) is 0 Å². The highest BCUT2D eigenvalue weighted by Crippen LogP contribution is 2.04. The predicted molar refractivity (Wildman–Crippen MR) is 39.5 cm³/mol. The Bertz CT molecular complexity index is 152. The van der Waals surface area contributed by atoms with E-state index in [2.05, 4.69) is 0 Å². The number of carboxylic acid groups (broad SMARTS) is 1. The normalized spacial score (nSPS) is 12.3. The van der Waals surface area contributed by atoms with Crippen molar-refractivity contribution in [2.24, 2.45) is 11.1 Å². The molecule has 0 spiro atoms. The summed E-state index contributed by atoms with van der Waals surface area (Å²) in [5.41, 5.74) is 3.70. The maximum atomic E-state index is 10.1. The summed E-state index contributed by atoms with van der Waals surface area (Å²) in [5, 5.41) is 25.1. The van der Waals surface area contributed by atoms with E-state index in [0.717, 1.165) is 0 Å². The van der Waals surface area contributed by atoms with Gasteiger partial charge in [-0.2, -0.15) is 0 Å². The minimum absolute atomic E-state index is 1.19. The zero-order valence-corrected chi connectivity index (χ0v) is 6.76. The first-order valence-electron chi connectivity index (χ1n) is 2.94. The molecule has 0 amide bonds. The lowest BCUT2D eigenvalue weighted by atomic mass is 10.0. The number of aliphatic hydroxyl groups is 1. The zero-order chi connectivity index (χ0) is 10.4. The Labute approximate surface area is 68.7 Å². The summed E-state index contributed by atoms with van der Waals surface area (Å²) < 4.78 is 0. The summed E-state index contributed by atoms with van der Waals surface area (Å²) in [4.78, 5) is 18.2. The van der Waals surface area contributed by atoms with Crippen molar-refractivity contribution >= 4 is 5.97 Å². The van der Waals surface area contributed by atoms with Gasteiger partial charge in [0.1, 0.15) is 6.04 Å². The fraction of sp³-hybridized carbons (Fsp3) is 0.800. The van der Waals surface area contributed by atoms with Gasteiger partial charge in [-0.25, -0.2) is 0 Å². The second kappa shape index (κ2) is 5.44. The number of carboxylic acids is 1. The molecule has 5 N–H and O–H groups in total. The lowest BCUT2D eigenvalue weighted by Gasteiger charge is -2.20. The Kier molecular flexibility index (Phi) is 6.07. The van der Waals surface area contributed by atoms with Crippen LogP contribution in [0, 0.1) is 4.91 Å². The molecule has 0 aliphatic carbocycles. The Hall–Kier alpha value is -1.21. The quantitative estimate of drug-likeness (QED) is 0.328. The largest absolute Gasteiger partial charge is 0.480 e. The van der Waals surface area contributed by atoms with Crippen molar-refractivity contribution in [3.8, 4) is 0 Å². The van der Waals surface area contributed by atoms with Crippen LogP contribution >= 0.6 is 0 Å². The lowest BCUT2D eigenvalue weighted by molar-refractivity contribution is -0.143. The molecule has 0 unspecified atom stereocenters. The van der Waals surface area contributed by atoms with E-state index in [4.69, 9.17) is 26.1 Å². The van der Waals surface area contributed by atoms with Gasteiger partial charge in [0, 0.05) is 0 Å². The number of rotatable bonds is 2. The van der Waals surface area contributed by atoms with E-state index in [1.54, 1.807) is 0 Å². The maximum absolute atomic E-state index is 10.1. The van der Waals surface area contributed by atoms with Gasteiger partial charge < -0.3 is 21.2 Å². The Morgan fingerprint density at radius 2 is 1.83 bits per heavy atom. The van der Waals surface area contributed by atoms with E-state index in [-0.39, 0.29) is 0 Å². The first-order valence-corrected chi connectivity index (χ1v) is 2.94. The highest BCUT2D eigenvalue weighted by Gasteiger charge is 2.28. The number of nitrogens with two attached hydrogens (primary N) is 1. The molecule has 0 aromatic rings. The summed E-state index contributed by atoms with van der Waals surface area (Å²) in [7, 11) is 0. The predicted octanol–water partition coefficient (Wildman–Crippen LogP) is -0.689. The highest BCUT2D eigenvalue weighted by molar-refractivity contribution is 5.74. The van der Waals surface area contributed by atoms with Crippen LogP contribution in [-0.2, 0) is 4.79 Å². The van der Waals surface area contributed by atoms with E-state index in [1.807, 2.05) is 0 Å². The second-order valence-electron chi connectivity index (χ2n) is 2.55. The number of aliphatic carboxylic acids is 1. The summed E-state index contributed by atoms with van der Waals surface area (Å²) in [5.74, 6) is -1.19. The SMILES string of the molecule is CC(C)(O)[C@H](N)C(=O)O.O=NO. The summed E-state index contributed by atoms with van der Waals surface area (Å²) in [6, 6.07) is -1.21. The second-order valence-corrected chi connectivity index (χ2v) is 2.55. The van der Waals surface area contributed by atoms with Crippen LogP contribution in [-0.4, -0.2) is 33.0 Å². The van der Waals surface area contributed by atoms with Crippen molar-refractivity contribution < 1.29 is 20.2 Å². The molecule has 0 heterocycles. The molecule has 0 aromatic carbocycles. The molecule has 0 fully saturated rings. The van der Waals surface area contributed by atoms with Crippen LogP contribution < -0.4 is 5.73 Å². The maximum Gasteiger partial charge on any atom is 0.323 e. The minimum atomic E-state index is -1.34. The number of hydrogen-bond donors (Lipinski definition) is 4. The van der Waals surface area contributed by atoms with Crippen LogP contribution in [0.25, 0.3) is 0 Å². The van der Waals surface area contributed by atoms with Gasteiger partial charge in [-0.15, -0.1) is 4.91 Å². The molecule has 0 saturated carbocycles. The smallest absolute Gasteiger partial charge is 0.323 e. The van der Waals surface area contributed by atoms with E-state index in [9.17, 15) is 4.79 Å². The van der Waals surface area contributed by atoms with Crippen molar-refractivity contribution in [2.45, 2.75) is 25.5 Å². The number of nitrogens with zero attached hydrogens (tertiary/aromatic N) is 1. The third-order valence-corrected chi connectivity index (χ3v) is 1.03. The van der Waals surface area contributed by atoms with Gasteiger partial charge in [-0.05, 0) is 13.8 Å². The van der Waals surface area contributed by atoms with E-state index >= 15 is 0 Å². The molecular weight excluding hydrogens is 168 g/mol. The molecule has 1 atom stereocenters. The van der Waals surface area contributed by atoms with Gasteiger partial charge in [0.2, 0.25) is 0 Å². The van der Waals surface area contributed by atoms with Crippen LogP contribution in [0.5, 0.6) is 0 Å². The first-order chi connectivity index (χ1) is 5.27. The van der Waals surface area contributed by atoms with Crippen molar-refractivity contribution in [1.29, 1.82) is 0 Å². The average molecular weight is 180 g/mol. The van der Waals surface area contributed by atoms with Gasteiger partial charge in [0.05, 0.1) is 5.60 Å². The number of hydrogen-bond acceptors (Lipinski definition) is 5. The molecule has 0 aromatic heterocycles. The standard InChI is InChI=1S/C5H11NO3.HNO2/c1-5(2,9)3(6)4(7)8;2-1-3/h3,9H,6H2,1-2H3,(H,7,8);(H,2,3)/t3-;/m1./s1. The molecule has 0 saturated heterocycles. The van der Waals surface area contributed by atoms with Crippen molar-refractivity contribution in [3.05, 3.63) is 4.91 Å². The fourth-order valence-electron chi connectivity index (χ4n) is 0.302. The van der Waals surface area contributed by atoms with Crippen LogP contribution in [0.4, 0.5) is 0 Å². The van der Waals surface area contributed by atoms with Crippen molar-refractivity contribution in [1.82, 2.24) is 0 Å². The van der Waals surface area contributed by atoms with Gasteiger partial charge in [0.25, 0.3) is 0 Å². The molecule has 0 aliphatic rings. The summed E-state index contributed by atoms with van der Waals surface area (Å²) >= 11 is 0. The van der Waals surface area contributed by atoms with Gasteiger partial charge in [-0.3, -0.25) is 4.79 Å². The molecule has 0 rings (SSSR count). The zero-order valence-electron chi connectivity index (χ0n) is 6.76. The van der Waals surface area contributed by atoms with Crippen LogP contribution in [0.15, 0.2) is 5.34 Å². The van der Waals surface area contributed by atoms with Crippen molar-refractivity contribution in [2.75, 3.05) is 0 Å². The van der Waals surface area contributed by atoms with Crippen LogP contribution in [0.1, 0.15) is 13.8 Å². The lowest BCUT2D eigenvalue weighted by Crippen LogP contribution is -2.48. The molecule has 0 aliphatic heterocycles. The average Bonchev–Trinajstić information content (AvgIpc) is 1.85. The molecule has 7 nitrogen and oxygen atoms in total. The summed E-state index contributed by atoms with van der Waals surface area (Å²) in [6.45, 7) is 2.71. The monoisotopic (exact) mass is 180 g/mol. The molecule has 7 heteroatoms. The third kappa shape index (κ3) is 6.90. The Morgan fingerprint density at radius 3 is 1.83 bits per heavy atom. The fourth-order valence-corrected chi connectivity index (χ4v) is 0.302. The van der Waals surface area contributed by atoms with E-state index in [1.165, 1.54) is 19.2 Å². The molecular formula is C5H12N2O5. The Morgan fingerprint density at radius 1 is 1.58 bits per heavy atom. The topological polar surface area (TPSA) is 133 Å². The molecule has 0 radical (unpaired) electrons. The first kappa shape index (κ1) is 13.4. The van der Waals surface area contributed by atoms with E-state index in [0.29, 0.717) is 0 Å². The molecule has 72 valence electrons. The van der Waals surface area contributed by atoms with Gasteiger partial charge >= 0.3 is 5.97 Å². The third-order valence-electron chi connectivity index (χ3n) is 1.03. The van der Waals surface area contributed by atoms with Crippen LogP contribution in [0.3, 0.4) is 0 Å². The Balaban J connectivity index is 0. The molecule has 12 heavy (non-hydrogen) atoms. The van der Waals surface area contributed by atoms with Gasteiger partial charge in [-0.1, -0.05) is 0 Å². The highest BCUT2D eigenvalue weighted by atomic mass is 16.6.